The topological polar surface area (TPSA) is 20.3 Å². The Morgan fingerprint density at radius 1 is 1.50 bits per heavy atom. The average molecular weight is 273 g/mol. The van der Waals surface area contributed by atoms with Crippen LogP contribution in [0.15, 0.2) is 6.07 Å². The van der Waals surface area contributed by atoms with Crippen LogP contribution >= 0.6 is 11.3 Å². The Kier molecular flexibility index (Phi) is 3.45. The molecule has 2 rings (SSSR count). The third-order valence-electron chi connectivity index (χ3n) is 3.15. The molecule has 5 heteroatoms. The number of hydrogen-bond donors (Lipinski definition) is 0. The fraction of sp³-hybridized carbons (Fsp3) is 0.615. The number of halogens is 2. The van der Waals surface area contributed by atoms with Crippen molar-refractivity contribution in [2.24, 2.45) is 0 Å². The Morgan fingerprint density at radius 3 is 2.61 bits per heavy atom. The van der Waals surface area contributed by atoms with E-state index in [1.807, 2.05) is 13.0 Å². The van der Waals surface area contributed by atoms with Gasteiger partial charge in [0.1, 0.15) is 0 Å². The third-order valence-corrected chi connectivity index (χ3v) is 4.67. The number of alkyl halides is 2. The Morgan fingerprint density at radius 2 is 2.17 bits per heavy atom. The number of thiophene rings is 1. The molecule has 1 aliphatic rings. The maximum Gasteiger partial charge on any atom is 0.267 e. The van der Waals surface area contributed by atoms with Gasteiger partial charge in [0, 0.05) is 17.8 Å². The second-order valence-electron chi connectivity index (χ2n) is 5.15. The van der Waals surface area contributed by atoms with Crippen LogP contribution in [0.25, 0.3) is 0 Å². The highest BCUT2D eigenvalue weighted by Gasteiger charge is 2.40. The van der Waals surface area contributed by atoms with E-state index in [2.05, 4.69) is 13.8 Å². The first-order valence-corrected chi connectivity index (χ1v) is 6.89. The van der Waals surface area contributed by atoms with E-state index in [1.165, 1.54) is 16.2 Å². The van der Waals surface area contributed by atoms with Crippen molar-refractivity contribution in [1.82, 2.24) is 4.90 Å². The van der Waals surface area contributed by atoms with E-state index >= 15 is 0 Å². The van der Waals surface area contributed by atoms with Crippen molar-refractivity contribution in [2.75, 3.05) is 13.1 Å². The van der Waals surface area contributed by atoms with Gasteiger partial charge in [-0.25, -0.2) is 8.78 Å². The molecule has 1 aliphatic heterocycles. The molecule has 0 radical (unpaired) electrons. The fourth-order valence-corrected chi connectivity index (χ4v) is 3.38. The van der Waals surface area contributed by atoms with Gasteiger partial charge in [0.25, 0.3) is 11.8 Å². The van der Waals surface area contributed by atoms with Gasteiger partial charge in [-0.05, 0) is 24.5 Å². The molecule has 0 aromatic carbocycles. The lowest BCUT2D eigenvalue weighted by atomic mass is 10.1. The zero-order chi connectivity index (χ0) is 13.5. The minimum atomic E-state index is -2.72. The van der Waals surface area contributed by atoms with Crippen molar-refractivity contribution in [3.05, 3.63) is 21.4 Å². The van der Waals surface area contributed by atoms with Crippen LogP contribution in [0.5, 0.6) is 0 Å². The SMILES string of the molecule is Cc1cc(C(=O)N2CCC(F)(F)C2)sc1C(C)C. The summed E-state index contributed by atoms with van der Waals surface area (Å²) in [6.45, 7) is 5.80. The van der Waals surface area contributed by atoms with Crippen LogP contribution in [-0.2, 0) is 0 Å². The van der Waals surface area contributed by atoms with Crippen LogP contribution < -0.4 is 0 Å². The Hall–Kier alpha value is -0.970. The van der Waals surface area contributed by atoms with E-state index in [-0.39, 0.29) is 18.9 Å². The van der Waals surface area contributed by atoms with Gasteiger partial charge in [-0.2, -0.15) is 0 Å². The highest BCUT2D eigenvalue weighted by atomic mass is 32.1. The number of carbonyl (C=O) groups is 1. The quantitative estimate of drug-likeness (QED) is 0.805. The average Bonchev–Trinajstić information content (AvgIpc) is 2.80. The van der Waals surface area contributed by atoms with Gasteiger partial charge >= 0.3 is 0 Å². The molecule has 100 valence electrons. The van der Waals surface area contributed by atoms with Crippen molar-refractivity contribution < 1.29 is 13.6 Å². The smallest absolute Gasteiger partial charge is 0.267 e. The van der Waals surface area contributed by atoms with Gasteiger partial charge in [-0.3, -0.25) is 4.79 Å². The summed E-state index contributed by atoms with van der Waals surface area (Å²) < 4.78 is 26.2. The summed E-state index contributed by atoms with van der Waals surface area (Å²) in [4.78, 5) is 15.1. The molecule has 0 unspecified atom stereocenters. The highest BCUT2D eigenvalue weighted by molar-refractivity contribution is 7.14. The van der Waals surface area contributed by atoms with E-state index in [1.54, 1.807) is 0 Å². The fourth-order valence-electron chi connectivity index (χ4n) is 2.24. The lowest BCUT2D eigenvalue weighted by Gasteiger charge is -2.14. The van der Waals surface area contributed by atoms with Crippen LogP contribution in [0.2, 0.25) is 0 Å². The largest absolute Gasteiger partial charge is 0.332 e. The van der Waals surface area contributed by atoms with E-state index in [0.717, 1.165) is 10.4 Å². The predicted molar refractivity (Wildman–Crippen MR) is 68.6 cm³/mol. The first-order valence-electron chi connectivity index (χ1n) is 6.07. The summed E-state index contributed by atoms with van der Waals surface area (Å²) >= 11 is 1.43. The number of aryl methyl sites for hydroxylation is 1. The first kappa shape index (κ1) is 13.5. The summed E-state index contributed by atoms with van der Waals surface area (Å²) in [5.74, 6) is -2.62. The van der Waals surface area contributed by atoms with Crippen molar-refractivity contribution in [3.8, 4) is 0 Å². The minimum absolute atomic E-state index is 0.153. The molecular formula is C13H17F2NOS. The molecule has 1 fully saturated rings. The van der Waals surface area contributed by atoms with Gasteiger partial charge in [0.05, 0.1) is 11.4 Å². The standard InChI is InChI=1S/C13H17F2NOS/c1-8(2)11-9(3)6-10(18-11)12(17)16-5-4-13(14,15)7-16/h6,8H,4-5,7H2,1-3H3. The molecule has 1 aromatic heterocycles. The Labute approximate surface area is 110 Å². The molecule has 1 amide bonds. The second kappa shape index (κ2) is 4.61. The van der Waals surface area contributed by atoms with E-state index in [9.17, 15) is 13.6 Å². The van der Waals surface area contributed by atoms with Crippen LogP contribution in [0.3, 0.4) is 0 Å². The Bertz CT molecular complexity index is 468. The normalized spacial score (nSPS) is 18.7. The van der Waals surface area contributed by atoms with E-state index in [4.69, 9.17) is 0 Å². The molecule has 0 bridgehead atoms. The third kappa shape index (κ3) is 2.55. The first-order chi connectivity index (χ1) is 8.30. The lowest BCUT2D eigenvalue weighted by molar-refractivity contribution is 0.0121. The number of rotatable bonds is 2. The van der Waals surface area contributed by atoms with Gasteiger partial charge < -0.3 is 4.90 Å². The number of carbonyl (C=O) groups excluding carboxylic acids is 1. The van der Waals surface area contributed by atoms with Crippen molar-refractivity contribution in [3.63, 3.8) is 0 Å². The van der Waals surface area contributed by atoms with Crippen LogP contribution in [0, 0.1) is 6.92 Å². The summed E-state index contributed by atoms with van der Waals surface area (Å²) in [6.07, 6.45) is -0.222. The predicted octanol–water partition coefficient (Wildman–Crippen LogP) is 3.66. The zero-order valence-electron chi connectivity index (χ0n) is 10.8. The molecule has 1 saturated heterocycles. The van der Waals surface area contributed by atoms with Crippen molar-refractivity contribution >= 4 is 17.2 Å². The van der Waals surface area contributed by atoms with Crippen molar-refractivity contribution in [2.45, 2.75) is 39.0 Å². The molecule has 0 spiro atoms. The second-order valence-corrected chi connectivity index (χ2v) is 6.23. The molecular weight excluding hydrogens is 256 g/mol. The summed E-state index contributed by atoms with van der Waals surface area (Å²) in [6, 6.07) is 1.82. The van der Waals surface area contributed by atoms with Crippen LogP contribution in [0.4, 0.5) is 8.78 Å². The Balaban J connectivity index is 2.17. The molecule has 18 heavy (non-hydrogen) atoms. The molecule has 1 aromatic rings. The maximum absolute atomic E-state index is 13.1. The monoisotopic (exact) mass is 273 g/mol. The number of nitrogens with zero attached hydrogens (tertiary/aromatic N) is 1. The zero-order valence-corrected chi connectivity index (χ0v) is 11.6. The number of hydrogen-bond acceptors (Lipinski definition) is 2. The van der Waals surface area contributed by atoms with Crippen molar-refractivity contribution in [1.29, 1.82) is 0 Å². The summed E-state index contributed by atoms with van der Waals surface area (Å²) in [5, 5.41) is 0. The highest BCUT2D eigenvalue weighted by Crippen LogP contribution is 2.32. The van der Waals surface area contributed by atoms with E-state index < -0.39 is 12.5 Å². The molecule has 0 atom stereocenters. The molecule has 0 saturated carbocycles. The maximum atomic E-state index is 13.1. The molecule has 0 aliphatic carbocycles. The lowest BCUT2D eigenvalue weighted by Crippen LogP contribution is -2.30. The molecule has 2 heterocycles. The molecule has 2 nitrogen and oxygen atoms in total. The number of amides is 1. The number of likely N-dealkylation sites (tertiary alicyclic amines) is 1. The molecule has 0 N–H and O–H groups in total. The van der Waals surface area contributed by atoms with Crippen LogP contribution in [0.1, 0.15) is 46.3 Å². The summed E-state index contributed by atoms with van der Waals surface area (Å²) in [5.41, 5.74) is 1.07. The minimum Gasteiger partial charge on any atom is -0.332 e. The summed E-state index contributed by atoms with van der Waals surface area (Å²) in [7, 11) is 0. The van der Waals surface area contributed by atoms with Gasteiger partial charge in [0.15, 0.2) is 0 Å². The van der Waals surface area contributed by atoms with Gasteiger partial charge in [-0.1, -0.05) is 13.8 Å². The van der Waals surface area contributed by atoms with Gasteiger partial charge in [0.2, 0.25) is 0 Å². The van der Waals surface area contributed by atoms with E-state index in [0.29, 0.717) is 10.8 Å². The van der Waals surface area contributed by atoms with Crippen LogP contribution in [-0.4, -0.2) is 29.8 Å². The van der Waals surface area contributed by atoms with Gasteiger partial charge in [-0.15, -0.1) is 11.3 Å².